The van der Waals surface area contributed by atoms with Gasteiger partial charge < -0.3 is 9.80 Å². The Morgan fingerprint density at radius 3 is 2.78 bits per heavy atom. The van der Waals surface area contributed by atoms with Gasteiger partial charge in [0.1, 0.15) is 12.1 Å². The molecule has 1 aliphatic rings. The lowest BCUT2D eigenvalue weighted by Gasteiger charge is -2.37. The second kappa shape index (κ2) is 6.91. The first-order valence-electron chi connectivity index (χ1n) is 7.60. The van der Waals surface area contributed by atoms with E-state index in [1.54, 1.807) is 12.5 Å². The maximum absolute atomic E-state index is 12.2. The van der Waals surface area contributed by atoms with Crippen molar-refractivity contribution in [1.29, 1.82) is 0 Å². The summed E-state index contributed by atoms with van der Waals surface area (Å²) in [6.45, 7) is 3.43. The van der Waals surface area contributed by atoms with Crippen LogP contribution >= 0.6 is 11.3 Å². The number of rotatable bonds is 3. The number of piperidine rings is 1. The maximum Gasteiger partial charge on any atom is 0.323 e. The van der Waals surface area contributed by atoms with E-state index in [-0.39, 0.29) is 6.03 Å². The lowest BCUT2D eigenvalue weighted by atomic mass is 10.0. The van der Waals surface area contributed by atoms with Crippen LogP contribution in [0.5, 0.6) is 0 Å². The Balaban J connectivity index is 1.54. The molecule has 2 amide bonds. The summed E-state index contributed by atoms with van der Waals surface area (Å²) >= 11 is 1.43. The van der Waals surface area contributed by atoms with Crippen molar-refractivity contribution in [1.82, 2.24) is 19.9 Å². The SMILES string of the molecule is Cc1cc(N(C)C2CCN(C(=O)Nc3nccs3)CC2)ncn1. The third kappa shape index (κ3) is 3.76. The molecular formula is C15H20N6OS. The van der Waals surface area contributed by atoms with Crippen molar-refractivity contribution in [2.75, 3.05) is 30.4 Å². The van der Waals surface area contributed by atoms with Crippen molar-refractivity contribution in [2.45, 2.75) is 25.8 Å². The predicted molar refractivity (Wildman–Crippen MR) is 90.9 cm³/mol. The van der Waals surface area contributed by atoms with E-state index in [2.05, 4.69) is 32.2 Å². The van der Waals surface area contributed by atoms with Gasteiger partial charge >= 0.3 is 6.03 Å². The van der Waals surface area contributed by atoms with E-state index in [9.17, 15) is 4.79 Å². The number of hydrogen-bond donors (Lipinski definition) is 1. The third-order valence-electron chi connectivity index (χ3n) is 4.10. The summed E-state index contributed by atoms with van der Waals surface area (Å²) < 4.78 is 0. The zero-order chi connectivity index (χ0) is 16.2. The quantitative estimate of drug-likeness (QED) is 0.934. The van der Waals surface area contributed by atoms with Crippen LogP contribution in [0.1, 0.15) is 18.5 Å². The molecule has 0 unspecified atom stereocenters. The molecule has 1 saturated heterocycles. The molecule has 0 atom stereocenters. The average molecular weight is 332 g/mol. The number of aryl methyl sites for hydroxylation is 1. The van der Waals surface area contributed by atoms with Crippen molar-refractivity contribution in [2.24, 2.45) is 0 Å². The summed E-state index contributed by atoms with van der Waals surface area (Å²) in [5.74, 6) is 0.934. The largest absolute Gasteiger partial charge is 0.356 e. The molecule has 0 spiro atoms. The molecule has 3 heterocycles. The minimum absolute atomic E-state index is 0.0704. The van der Waals surface area contributed by atoms with Crippen LogP contribution in [-0.4, -0.2) is 52.1 Å². The third-order valence-corrected chi connectivity index (χ3v) is 4.78. The molecule has 23 heavy (non-hydrogen) atoms. The molecule has 0 saturated carbocycles. The van der Waals surface area contributed by atoms with Gasteiger partial charge in [-0.3, -0.25) is 5.32 Å². The molecule has 1 N–H and O–H groups in total. The highest BCUT2D eigenvalue weighted by atomic mass is 32.1. The topological polar surface area (TPSA) is 74.2 Å². The Morgan fingerprint density at radius 1 is 1.35 bits per heavy atom. The minimum atomic E-state index is -0.0704. The first-order chi connectivity index (χ1) is 11.1. The highest BCUT2D eigenvalue weighted by Crippen LogP contribution is 2.21. The van der Waals surface area contributed by atoms with Crippen LogP contribution in [0.4, 0.5) is 15.7 Å². The first-order valence-corrected chi connectivity index (χ1v) is 8.48. The number of likely N-dealkylation sites (tertiary alicyclic amines) is 1. The summed E-state index contributed by atoms with van der Waals surface area (Å²) in [4.78, 5) is 28.8. The number of hydrogen-bond acceptors (Lipinski definition) is 6. The second-order valence-corrected chi connectivity index (χ2v) is 6.51. The van der Waals surface area contributed by atoms with E-state index < -0.39 is 0 Å². The maximum atomic E-state index is 12.2. The number of urea groups is 1. The van der Waals surface area contributed by atoms with Crippen LogP contribution in [-0.2, 0) is 0 Å². The number of nitrogens with zero attached hydrogens (tertiary/aromatic N) is 5. The molecule has 0 aromatic carbocycles. The molecular weight excluding hydrogens is 312 g/mol. The van der Waals surface area contributed by atoms with Crippen LogP contribution in [0.2, 0.25) is 0 Å². The highest BCUT2D eigenvalue weighted by Gasteiger charge is 2.26. The van der Waals surface area contributed by atoms with E-state index >= 15 is 0 Å². The molecule has 0 bridgehead atoms. The van der Waals surface area contributed by atoms with Gasteiger partial charge in [0.2, 0.25) is 0 Å². The number of nitrogens with one attached hydrogen (secondary N) is 1. The Kier molecular flexibility index (Phi) is 4.71. The van der Waals surface area contributed by atoms with E-state index in [0.717, 1.165) is 37.4 Å². The van der Waals surface area contributed by atoms with Crippen LogP contribution in [0, 0.1) is 6.92 Å². The van der Waals surface area contributed by atoms with E-state index in [1.807, 2.05) is 23.3 Å². The van der Waals surface area contributed by atoms with Gasteiger partial charge in [-0.1, -0.05) is 0 Å². The van der Waals surface area contributed by atoms with Gasteiger partial charge in [0.05, 0.1) is 0 Å². The van der Waals surface area contributed by atoms with Crippen LogP contribution in [0.3, 0.4) is 0 Å². The molecule has 0 aliphatic carbocycles. The van der Waals surface area contributed by atoms with Gasteiger partial charge in [-0.15, -0.1) is 11.3 Å². The standard InChI is InChI=1S/C15H20N6OS/c1-11-9-13(18-10-17-11)20(2)12-3-6-21(7-4-12)15(22)19-14-16-5-8-23-14/h5,8-10,12H,3-4,6-7H2,1-2H3,(H,16,19,22). The Bertz CT molecular complexity index is 654. The van der Waals surface area contributed by atoms with Crippen molar-refractivity contribution < 1.29 is 4.79 Å². The zero-order valence-electron chi connectivity index (χ0n) is 13.3. The molecule has 1 fully saturated rings. The van der Waals surface area contributed by atoms with Gasteiger partial charge in [-0.25, -0.2) is 19.7 Å². The molecule has 2 aromatic heterocycles. The molecule has 7 nitrogen and oxygen atoms in total. The van der Waals surface area contributed by atoms with Gasteiger partial charge in [-0.05, 0) is 19.8 Å². The molecule has 2 aromatic rings. The fourth-order valence-electron chi connectivity index (χ4n) is 2.73. The highest BCUT2D eigenvalue weighted by molar-refractivity contribution is 7.13. The lowest BCUT2D eigenvalue weighted by Crippen LogP contribution is -2.47. The Hall–Kier alpha value is -2.22. The molecule has 1 aliphatic heterocycles. The second-order valence-electron chi connectivity index (χ2n) is 5.61. The van der Waals surface area contributed by atoms with Crippen LogP contribution in [0.15, 0.2) is 24.0 Å². The summed E-state index contributed by atoms with van der Waals surface area (Å²) in [6, 6.07) is 2.30. The average Bonchev–Trinajstić information content (AvgIpc) is 3.07. The molecule has 8 heteroatoms. The Labute approximate surface area is 139 Å². The van der Waals surface area contributed by atoms with Crippen LogP contribution in [0.25, 0.3) is 0 Å². The van der Waals surface area contributed by atoms with Crippen molar-refractivity contribution in [3.8, 4) is 0 Å². The predicted octanol–water partition coefficient (Wildman–Crippen LogP) is 2.37. The van der Waals surface area contributed by atoms with Gasteiger partial charge in [-0.2, -0.15) is 0 Å². The number of carbonyl (C=O) groups is 1. The zero-order valence-corrected chi connectivity index (χ0v) is 14.1. The molecule has 0 radical (unpaired) electrons. The summed E-state index contributed by atoms with van der Waals surface area (Å²) in [5.41, 5.74) is 0.960. The van der Waals surface area contributed by atoms with Gasteiger partial charge in [0.25, 0.3) is 0 Å². The molecule has 122 valence electrons. The lowest BCUT2D eigenvalue weighted by molar-refractivity contribution is 0.194. The number of aromatic nitrogens is 3. The van der Waals surface area contributed by atoms with E-state index in [0.29, 0.717) is 11.2 Å². The van der Waals surface area contributed by atoms with E-state index in [4.69, 9.17) is 0 Å². The van der Waals surface area contributed by atoms with Crippen LogP contribution < -0.4 is 10.2 Å². The number of amides is 2. The van der Waals surface area contributed by atoms with E-state index in [1.165, 1.54) is 11.3 Å². The fraction of sp³-hybridized carbons (Fsp3) is 0.467. The Morgan fingerprint density at radius 2 is 2.13 bits per heavy atom. The monoisotopic (exact) mass is 332 g/mol. The fourth-order valence-corrected chi connectivity index (χ4v) is 3.25. The number of carbonyl (C=O) groups excluding carboxylic acids is 1. The molecule has 3 rings (SSSR count). The van der Waals surface area contributed by atoms with Crippen molar-refractivity contribution >= 4 is 28.3 Å². The number of thiazole rings is 1. The van der Waals surface area contributed by atoms with Gasteiger partial charge in [0.15, 0.2) is 5.13 Å². The van der Waals surface area contributed by atoms with Gasteiger partial charge in [0, 0.05) is 49.5 Å². The minimum Gasteiger partial charge on any atom is -0.356 e. The van der Waals surface area contributed by atoms with Crippen molar-refractivity contribution in [3.63, 3.8) is 0 Å². The first kappa shape index (κ1) is 15.7. The number of anilines is 2. The smallest absolute Gasteiger partial charge is 0.323 e. The summed E-state index contributed by atoms with van der Waals surface area (Å²) in [6.07, 6.45) is 5.12. The summed E-state index contributed by atoms with van der Waals surface area (Å²) in [5, 5.41) is 5.33. The van der Waals surface area contributed by atoms with Crippen molar-refractivity contribution in [3.05, 3.63) is 29.7 Å². The summed E-state index contributed by atoms with van der Waals surface area (Å²) in [7, 11) is 2.05. The normalized spacial score (nSPS) is 15.5.